The maximum absolute atomic E-state index is 5.92. The van der Waals surface area contributed by atoms with E-state index in [0.29, 0.717) is 19.1 Å². The summed E-state index contributed by atoms with van der Waals surface area (Å²) in [6.45, 7) is 6.79. The number of nitrogens with zero attached hydrogens (tertiary/aromatic N) is 2. The highest BCUT2D eigenvalue weighted by Crippen LogP contribution is 2.14. The summed E-state index contributed by atoms with van der Waals surface area (Å²) >= 11 is 0. The normalized spacial score (nSPS) is 11.3. The third kappa shape index (κ3) is 13.7. The summed E-state index contributed by atoms with van der Waals surface area (Å²) in [5.41, 5.74) is 7.01. The topological polar surface area (TPSA) is 72.1 Å². The zero-order valence-corrected chi connectivity index (χ0v) is 19.4. The Balaban J connectivity index is 0.00000676. The van der Waals surface area contributed by atoms with Crippen molar-refractivity contribution in [2.24, 2.45) is 10.7 Å². The number of hydrogen-bond donors (Lipinski definition) is 2. The van der Waals surface area contributed by atoms with Gasteiger partial charge in [-0.2, -0.15) is 0 Å². The van der Waals surface area contributed by atoms with Gasteiger partial charge in [-0.3, -0.25) is 0 Å². The number of ether oxygens (including phenoxy) is 2. The second-order valence-corrected chi connectivity index (χ2v) is 6.48. The summed E-state index contributed by atoms with van der Waals surface area (Å²) in [6, 6.07) is 8.02. The Morgan fingerprint density at radius 2 is 1.96 bits per heavy atom. The van der Waals surface area contributed by atoms with Gasteiger partial charge in [-0.15, -0.1) is 24.0 Å². The third-order valence-electron chi connectivity index (χ3n) is 4.09. The minimum Gasteiger partial charge on any atom is -0.492 e. The lowest BCUT2D eigenvalue weighted by molar-refractivity contribution is 0.150. The Bertz CT molecular complexity index is 515. The van der Waals surface area contributed by atoms with Crippen LogP contribution in [0, 0.1) is 0 Å². The summed E-state index contributed by atoms with van der Waals surface area (Å²) < 4.78 is 10.9. The molecule has 0 atom stereocenters. The number of methoxy groups -OCH3 is 1. The van der Waals surface area contributed by atoms with Crippen molar-refractivity contribution >= 4 is 29.9 Å². The highest BCUT2D eigenvalue weighted by atomic mass is 127. The van der Waals surface area contributed by atoms with Gasteiger partial charge < -0.3 is 25.4 Å². The molecule has 1 aromatic carbocycles. The van der Waals surface area contributed by atoms with Crippen LogP contribution < -0.4 is 15.8 Å². The van der Waals surface area contributed by atoms with Crippen LogP contribution in [-0.2, 0) is 11.3 Å². The molecule has 0 unspecified atom stereocenters. The lowest BCUT2D eigenvalue weighted by Crippen LogP contribution is -2.32. The van der Waals surface area contributed by atoms with Gasteiger partial charge in [0.25, 0.3) is 0 Å². The Morgan fingerprint density at radius 1 is 1.19 bits per heavy atom. The molecule has 0 heterocycles. The van der Waals surface area contributed by atoms with Crippen molar-refractivity contribution in [1.29, 1.82) is 0 Å². The molecule has 0 spiro atoms. The van der Waals surface area contributed by atoms with E-state index < -0.39 is 0 Å². The van der Waals surface area contributed by atoms with Crippen molar-refractivity contribution in [1.82, 2.24) is 10.2 Å². The Hall–Kier alpha value is -1.06. The van der Waals surface area contributed by atoms with Crippen LogP contribution in [0.3, 0.4) is 0 Å². The quantitative estimate of drug-likeness (QED) is 0.181. The van der Waals surface area contributed by atoms with Crippen molar-refractivity contribution < 1.29 is 9.47 Å². The minimum absolute atomic E-state index is 0. The monoisotopic (exact) mass is 492 g/mol. The molecule has 0 aliphatic rings. The van der Waals surface area contributed by atoms with Crippen molar-refractivity contribution in [3.63, 3.8) is 0 Å². The number of halogens is 1. The zero-order chi connectivity index (χ0) is 19.0. The molecule has 1 rings (SSSR count). The van der Waals surface area contributed by atoms with E-state index in [1.54, 1.807) is 7.11 Å². The Morgan fingerprint density at radius 3 is 2.70 bits per heavy atom. The molecule has 27 heavy (non-hydrogen) atoms. The molecular formula is C20H37IN4O2. The minimum atomic E-state index is 0. The number of benzene rings is 1. The molecule has 156 valence electrons. The summed E-state index contributed by atoms with van der Waals surface area (Å²) in [6.07, 6.45) is 4.88. The number of hydrogen-bond acceptors (Lipinski definition) is 4. The van der Waals surface area contributed by atoms with Crippen molar-refractivity contribution in [2.75, 3.05) is 47.0 Å². The molecule has 0 saturated heterocycles. The maximum Gasteiger partial charge on any atom is 0.188 e. The van der Waals surface area contributed by atoms with Crippen LogP contribution in [0.15, 0.2) is 29.3 Å². The van der Waals surface area contributed by atoms with Crippen LogP contribution in [0.1, 0.15) is 38.2 Å². The van der Waals surface area contributed by atoms with E-state index in [1.807, 2.05) is 24.3 Å². The number of aliphatic imine (C=N–C) groups is 1. The van der Waals surface area contributed by atoms with E-state index in [2.05, 4.69) is 29.2 Å². The molecule has 0 aliphatic heterocycles. The third-order valence-corrected chi connectivity index (χ3v) is 4.09. The smallest absolute Gasteiger partial charge is 0.188 e. The first-order chi connectivity index (χ1) is 12.7. The SMILES string of the molecule is CCCCCCNC(N)=NCc1cccc(OCCN(C)CCOC)c1.I. The van der Waals surface area contributed by atoms with Crippen LogP contribution in [-0.4, -0.2) is 57.9 Å². The highest BCUT2D eigenvalue weighted by molar-refractivity contribution is 14.0. The first kappa shape index (κ1) is 25.9. The zero-order valence-electron chi connectivity index (χ0n) is 17.1. The summed E-state index contributed by atoms with van der Waals surface area (Å²) in [5, 5.41) is 3.17. The van der Waals surface area contributed by atoms with Crippen molar-refractivity contribution in [3.05, 3.63) is 29.8 Å². The van der Waals surface area contributed by atoms with Crippen LogP contribution in [0.5, 0.6) is 5.75 Å². The number of rotatable bonds is 14. The number of nitrogens with one attached hydrogen (secondary N) is 1. The summed E-state index contributed by atoms with van der Waals surface area (Å²) in [5.74, 6) is 1.37. The van der Waals surface area contributed by atoms with E-state index >= 15 is 0 Å². The molecule has 6 nitrogen and oxygen atoms in total. The summed E-state index contributed by atoms with van der Waals surface area (Å²) in [4.78, 5) is 6.59. The predicted octanol–water partition coefficient (Wildman–Crippen LogP) is 3.25. The standard InChI is InChI=1S/C20H36N4O2.HI/c1-4-5-6-7-11-22-20(21)23-17-18-9-8-10-19(16-18)26-15-13-24(2)12-14-25-3;/h8-10,16H,4-7,11-15,17H2,1-3H3,(H3,21,22,23);1H. The van der Waals surface area contributed by atoms with Crippen LogP contribution in [0.2, 0.25) is 0 Å². The van der Waals surface area contributed by atoms with Crippen LogP contribution in [0.4, 0.5) is 0 Å². The molecular weight excluding hydrogens is 455 g/mol. The van der Waals surface area contributed by atoms with E-state index in [-0.39, 0.29) is 24.0 Å². The lowest BCUT2D eigenvalue weighted by Gasteiger charge is -2.16. The molecule has 3 N–H and O–H groups in total. The van der Waals surface area contributed by atoms with Crippen molar-refractivity contribution in [3.8, 4) is 5.75 Å². The van der Waals surface area contributed by atoms with E-state index in [9.17, 15) is 0 Å². The first-order valence-electron chi connectivity index (χ1n) is 9.58. The fraction of sp³-hybridized carbons (Fsp3) is 0.650. The second-order valence-electron chi connectivity index (χ2n) is 6.48. The molecule has 0 amide bonds. The fourth-order valence-corrected chi connectivity index (χ4v) is 2.41. The van der Waals surface area contributed by atoms with Crippen molar-refractivity contribution in [2.45, 2.75) is 39.2 Å². The molecule has 7 heteroatoms. The number of unbranched alkanes of at least 4 members (excludes halogenated alkanes) is 3. The van der Waals surface area contributed by atoms with Gasteiger partial charge in [0.05, 0.1) is 13.2 Å². The van der Waals surface area contributed by atoms with Gasteiger partial charge in [-0.25, -0.2) is 4.99 Å². The molecule has 1 aromatic rings. The summed E-state index contributed by atoms with van der Waals surface area (Å²) in [7, 11) is 3.78. The van der Waals surface area contributed by atoms with Gasteiger partial charge in [-0.05, 0) is 31.2 Å². The van der Waals surface area contributed by atoms with E-state index in [4.69, 9.17) is 15.2 Å². The predicted molar refractivity (Wildman–Crippen MR) is 124 cm³/mol. The molecule has 0 aliphatic carbocycles. The average Bonchev–Trinajstić information content (AvgIpc) is 2.65. The first-order valence-corrected chi connectivity index (χ1v) is 9.58. The van der Waals surface area contributed by atoms with Crippen LogP contribution in [0.25, 0.3) is 0 Å². The largest absolute Gasteiger partial charge is 0.492 e. The molecule has 0 radical (unpaired) electrons. The molecule has 0 aromatic heterocycles. The van der Waals surface area contributed by atoms with Crippen LogP contribution >= 0.6 is 24.0 Å². The molecule has 0 fully saturated rings. The van der Waals surface area contributed by atoms with Gasteiger partial charge >= 0.3 is 0 Å². The van der Waals surface area contributed by atoms with Gasteiger partial charge in [0.1, 0.15) is 12.4 Å². The average molecular weight is 492 g/mol. The molecule has 0 saturated carbocycles. The van der Waals surface area contributed by atoms with Gasteiger partial charge in [0.2, 0.25) is 0 Å². The fourth-order valence-electron chi connectivity index (χ4n) is 2.41. The van der Waals surface area contributed by atoms with E-state index in [0.717, 1.165) is 44.0 Å². The number of nitrogens with two attached hydrogens (primary N) is 1. The molecule has 0 bridgehead atoms. The van der Waals surface area contributed by atoms with Gasteiger partial charge in [-0.1, -0.05) is 38.3 Å². The second kappa shape index (κ2) is 17.1. The van der Waals surface area contributed by atoms with Gasteiger partial charge in [0.15, 0.2) is 5.96 Å². The lowest BCUT2D eigenvalue weighted by atomic mass is 10.2. The number of likely N-dealkylation sites (N-methyl/N-ethyl adjacent to an activating group) is 1. The van der Waals surface area contributed by atoms with Gasteiger partial charge in [0, 0.05) is 26.7 Å². The Labute approximate surface area is 181 Å². The van der Waals surface area contributed by atoms with E-state index in [1.165, 1.54) is 19.3 Å². The maximum atomic E-state index is 5.92. The Kier molecular flexibility index (Phi) is 16.4. The number of guanidine groups is 1. The highest BCUT2D eigenvalue weighted by Gasteiger charge is 2.01.